The molecule has 0 unspecified atom stereocenters. The lowest BCUT2D eigenvalue weighted by Crippen LogP contribution is -2.31. The molecule has 0 radical (unpaired) electrons. The number of thioether (sulfide) groups is 1. The summed E-state index contributed by atoms with van der Waals surface area (Å²) in [6.45, 7) is 5.84. The summed E-state index contributed by atoms with van der Waals surface area (Å²) in [4.78, 5) is 14.8. The van der Waals surface area contributed by atoms with E-state index in [1.165, 1.54) is 11.8 Å². The van der Waals surface area contributed by atoms with Crippen LogP contribution < -0.4 is 0 Å². The number of nitrogens with zero attached hydrogens (tertiary/aromatic N) is 1. The van der Waals surface area contributed by atoms with Crippen LogP contribution in [0.15, 0.2) is 46.1 Å². The SMILES string of the molecule is CCN(CC)C(=O)OC1=C(Sc2ccccc2)OCCC1. The normalized spacial score (nSPS) is 14.6. The Balaban J connectivity index is 2.10. The van der Waals surface area contributed by atoms with Gasteiger partial charge in [0.05, 0.1) is 6.61 Å². The fourth-order valence-electron chi connectivity index (χ4n) is 2.01. The minimum Gasteiger partial charge on any atom is -0.484 e. The number of hydrogen-bond acceptors (Lipinski definition) is 4. The smallest absolute Gasteiger partial charge is 0.415 e. The molecule has 0 saturated carbocycles. The summed E-state index contributed by atoms with van der Waals surface area (Å²) < 4.78 is 11.2. The molecule has 0 saturated heterocycles. The average molecular weight is 307 g/mol. The zero-order valence-electron chi connectivity index (χ0n) is 12.5. The molecule has 0 fully saturated rings. The van der Waals surface area contributed by atoms with Gasteiger partial charge in [-0.05, 0) is 44.2 Å². The minimum atomic E-state index is -0.299. The van der Waals surface area contributed by atoms with E-state index in [4.69, 9.17) is 9.47 Å². The molecule has 0 aliphatic carbocycles. The Kier molecular flexibility index (Phi) is 5.99. The maximum atomic E-state index is 12.1. The van der Waals surface area contributed by atoms with Gasteiger partial charge < -0.3 is 14.4 Å². The Morgan fingerprint density at radius 3 is 2.67 bits per heavy atom. The zero-order chi connectivity index (χ0) is 15.1. The summed E-state index contributed by atoms with van der Waals surface area (Å²) in [7, 11) is 0. The molecule has 0 bridgehead atoms. The first-order valence-corrected chi connectivity index (χ1v) is 8.11. The predicted octanol–water partition coefficient (Wildman–Crippen LogP) is 4.24. The van der Waals surface area contributed by atoms with Crippen LogP contribution in [0.4, 0.5) is 4.79 Å². The topological polar surface area (TPSA) is 38.8 Å². The summed E-state index contributed by atoms with van der Waals surface area (Å²) in [6.07, 6.45) is 1.31. The molecule has 2 rings (SSSR count). The molecule has 0 spiro atoms. The van der Waals surface area contributed by atoms with Crippen LogP contribution in [0, 0.1) is 0 Å². The summed E-state index contributed by atoms with van der Waals surface area (Å²) in [5, 5.41) is 0.702. The molecule has 0 aromatic heterocycles. The highest BCUT2D eigenvalue weighted by Gasteiger charge is 2.21. The lowest BCUT2D eigenvalue weighted by atomic mass is 10.2. The number of carbonyl (C=O) groups excluding carboxylic acids is 1. The van der Waals surface area contributed by atoms with E-state index in [0.29, 0.717) is 30.5 Å². The number of rotatable bonds is 5. The van der Waals surface area contributed by atoms with Crippen LogP contribution in [-0.2, 0) is 9.47 Å². The maximum absolute atomic E-state index is 12.1. The Morgan fingerprint density at radius 1 is 1.29 bits per heavy atom. The Hall–Kier alpha value is -1.62. The van der Waals surface area contributed by atoms with Crippen molar-refractivity contribution in [2.45, 2.75) is 31.6 Å². The van der Waals surface area contributed by atoms with Gasteiger partial charge >= 0.3 is 6.09 Å². The van der Waals surface area contributed by atoms with Gasteiger partial charge in [-0.25, -0.2) is 4.79 Å². The molecule has 1 aliphatic rings. The number of benzene rings is 1. The summed E-state index contributed by atoms with van der Waals surface area (Å²) in [5.41, 5.74) is 0. The van der Waals surface area contributed by atoms with Crippen LogP contribution in [0.25, 0.3) is 0 Å². The number of hydrogen-bond donors (Lipinski definition) is 0. The number of allylic oxidation sites excluding steroid dienone is 1. The second kappa shape index (κ2) is 7.98. The fourth-order valence-corrected chi connectivity index (χ4v) is 2.91. The van der Waals surface area contributed by atoms with Crippen molar-refractivity contribution in [1.29, 1.82) is 0 Å². The van der Waals surface area contributed by atoms with Crippen LogP contribution >= 0.6 is 11.8 Å². The lowest BCUT2D eigenvalue weighted by molar-refractivity contribution is 0.111. The third-order valence-electron chi connectivity index (χ3n) is 3.19. The Morgan fingerprint density at radius 2 is 2.00 bits per heavy atom. The highest BCUT2D eigenvalue weighted by atomic mass is 32.2. The molecule has 1 aromatic rings. The third kappa shape index (κ3) is 4.43. The lowest BCUT2D eigenvalue weighted by Gasteiger charge is -2.23. The van der Waals surface area contributed by atoms with Crippen LogP contribution in [0.2, 0.25) is 0 Å². The molecule has 21 heavy (non-hydrogen) atoms. The van der Waals surface area contributed by atoms with E-state index in [1.807, 2.05) is 44.2 Å². The first-order valence-electron chi connectivity index (χ1n) is 7.30. The molecule has 0 N–H and O–H groups in total. The summed E-state index contributed by atoms with van der Waals surface area (Å²) in [5.74, 6) is 0.645. The first kappa shape index (κ1) is 15.8. The molecular weight excluding hydrogens is 286 g/mol. The molecule has 0 atom stereocenters. The number of carbonyl (C=O) groups is 1. The average Bonchev–Trinajstić information content (AvgIpc) is 2.51. The van der Waals surface area contributed by atoms with Gasteiger partial charge in [0.25, 0.3) is 0 Å². The van der Waals surface area contributed by atoms with Crippen molar-refractivity contribution >= 4 is 17.9 Å². The van der Waals surface area contributed by atoms with Gasteiger partial charge in [-0.3, -0.25) is 0 Å². The minimum absolute atomic E-state index is 0.299. The molecule has 1 heterocycles. The highest BCUT2D eigenvalue weighted by molar-refractivity contribution is 8.03. The van der Waals surface area contributed by atoms with Gasteiger partial charge in [-0.1, -0.05) is 18.2 Å². The van der Waals surface area contributed by atoms with Gasteiger partial charge in [0, 0.05) is 24.4 Å². The Labute approximate surface area is 130 Å². The van der Waals surface area contributed by atoms with Gasteiger partial charge in [0.15, 0.2) is 10.9 Å². The molecule has 5 heteroatoms. The van der Waals surface area contributed by atoms with Crippen LogP contribution in [0.1, 0.15) is 26.7 Å². The summed E-state index contributed by atoms with van der Waals surface area (Å²) in [6, 6.07) is 9.96. The van der Waals surface area contributed by atoms with Crippen molar-refractivity contribution in [3.05, 3.63) is 41.2 Å². The molecule has 1 amide bonds. The third-order valence-corrected chi connectivity index (χ3v) is 4.23. The number of amides is 1. The van der Waals surface area contributed by atoms with Crippen molar-refractivity contribution in [2.24, 2.45) is 0 Å². The van der Waals surface area contributed by atoms with Crippen molar-refractivity contribution in [3.63, 3.8) is 0 Å². The van der Waals surface area contributed by atoms with Gasteiger partial charge in [-0.2, -0.15) is 0 Å². The van der Waals surface area contributed by atoms with Crippen molar-refractivity contribution in [3.8, 4) is 0 Å². The van der Waals surface area contributed by atoms with Gasteiger partial charge in [-0.15, -0.1) is 0 Å². The van der Waals surface area contributed by atoms with E-state index < -0.39 is 0 Å². The molecule has 1 aliphatic heterocycles. The quantitative estimate of drug-likeness (QED) is 0.815. The van der Waals surface area contributed by atoms with Crippen molar-refractivity contribution in [1.82, 2.24) is 4.90 Å². The van der Waals surface area contributed by atoms with Gasteiger partial charge in [0.1, 0.15) is 0 Å². The van der Waals surface area contributed by atoms with Crippen molar-refractivity contribution in [2.75, 3.05) is 19.7 Å². The molecule has 1 aromatic carbocycles. The number of ether oxygens (including phenoxy) is 2. The highest BCUT2D eigenvalue weighted by Crippen LogP contribution is 2.34. The first-order chi connectivity index (χ1) is 10.2. The van der Waals surface area contributed by atoms with E-state index in [0.717, 1.165) is 17.7 Å². The van der Waals surface area contributed by atoms with Crippen LogP contribution in [0.3, 0.4) is 0 Å². The maximum Gasteiger partial charge on any atom is 0.415 e. The molecule has 4 nitrogen and oxygen atoms in total. The molecule has 114 valence electrons. The Bertz CT molecular complexity index is 498. The van der Waals surface area contributed by atoms with Crippen LogP contribution in [-0.4, -0.2) is 30.7 Å². The fraction of sp³-hybridized carbons (Fsp3) is 0.438. The van der Waals surface area contributed by atoms with Gasteiger partial charge in [0.2, 0.25) is 0 Å². The van der Waals surface area contributed by atoms with E-state index >= 15 is 0 Å². The zero-order valence-corrected chi connectivity index (χ0v) is 13.3. The largest absolute Gasteiger partial charge is 0.484 e. The summed E-state index contributed by atoms with van der Waals surface area (Å²) >= 11 is 1.50. The van der Waals surface area contributed by atoms with Crippen molar-refractivity contribution < 1.29 is 14.3 Å². The van der Waals surface area contributed by atoms with E-state index in [9.17, 15) is 4.79 Å². The van der Waals surface area contributed by atoms with E-state index in [2.05, 4.69) is 0 Å². The van der Waals surface area contributed by atoms with E-state index in [-0.39, 0.29) is 6.09 Å². The predicted molar refractivity (Wildman–Crippen MR) is 83.9 cm³/mol. The monoisotopic (exact) mass is 307 g/mol. The second-order valence-electron chi connectivity index (χ2n) is 4.62. The molecular formula is C16H21NO3S. The standard InChI is InChI=1S/C16H21NO3S/c1-3-17(4-2)16(18)20-14-11-8-12-19-15(14)21-13-9-6-5-7-10-13/h5-7,9-10H,3-4,8,11-12H2,1-2H3. The second-order valence-corrected chi connectivity index (χ2v) is 5.66. The van der Waals surface area contributed by atoms with E-state index in [1.54, 1.807) is 4.90 Å². The van der Waals surface area contributed by atoms with Crippen LogP contribution in [0.5, 0.6) is 0 Å².